The van der Waals surface area contributed by atoms with E-state index in [2.05, 4.69) is 30.4 Å². The number of aliphatic imine (C=N–C) groups is 1. The van der Waals surface area contributed by atoms with Gasteiger partial charge in [0.25, 0.3) is 5.54 Å². The lowest BCUT2D eigenvalue weighted by molar-refractivity contribution is -0.167. The summed E-state index contributed by atoms with van der Waals surface area (Å²) < 4.78 is 12.3. The Morgan fingerprint density at radius 3 is 2.05 bits per heavy atom. The molecule has 22 heavy (non-hydrogen) atoms. The van der Waals surface area contributed by atoms with Gasteiger partial charge in [0.2, 0.25) is 4.32 Å². The van der Waals surface area contributed by atoms with Crippen molar-refractivity contribution in [2.45, 2.75) is 9.86 Å². The maximum Gasteiger partial charge on any atom is 0.348 e. The number of halogens is 1. The van der Waals surface area contributed by atoms with Gasteiger partial charge in [-0.05, 0) is 11.4 Å². The number of hydrogen-bond acceptors (Lipinski definition) is 8. The summed E-state index contributed by atoms with van der Waals surface area (Å²) in [7, 11) is 3.34. The van der Waals surface area contributed by atoms with Crippen LogP contribution in [-0.4, -0.2) is 54.8 Å². The zero-order valence-corrected chi connectivity index (χ0v) is 14.3. The fraction of sp³-hybridized carbons (Fsp3) is 0.385. The minimum Gasteiger partial charge on any atom is -0.468 e. The summed E-state index contributed by atoms with van der Waals surface area (Å²) in [6.45, 7) is 0. The highest BCUT2D eigenvalue weighted by molar-refractivity contribution is 9.10. The normalized spacial score (nSPS) is 22.1. The van der Waals surface area contributed by atoms with Gasteiger partial charge in [-0.25, -0.2) is 14.4 Å². The molecule has 1 aliphatic rings. The van der Waals surface area contributed by atoms with Crippen LogP contribution in [0.1, 0.15) is 4.88 Å². The molecule has 0 spiro atoms. The molecule has 0 saturated carbocycles. The molecule has 118 valence electrons. The number of nitrogens with zero attached hydrogens (tertiary/aromatic N) is 1. The predicted molar refractivity (Wildman–Crippen MR) is 81.3 cm³/mol. The van der Waals surface area contributed by atoms with Crippen LogP contribution in [-0.2, 0) is 28.6 Å². The topological polar surface area (TPSA) is 91.3 Å². The van der Waals surface area contributed by atoms with E-state index in [1.807, 2.05) is 0 Å². The van der Waals surface area contributed by atoms with Gasteiger partial charge in [-0.3, -0.25) is 4.99 Å². The number of carbonyl (C=O) groups excluding carboxylic acids is 3. The lowest BCUT2D eigenvalue weighted by Gasteiger charge is -2.45. The molecule has 1 aliphatic heterocycles. The first-order valence-electron chi connectivity index (χ1n) is 5.98. The van der Waals surface area contributed by atoms with E-state index in [9.17, 15) is 14.4 Å². The Labute approximate surface area is 138 Å². The third kappa shape index (κ3) is 1.92. The molecular formula is C13H12BrNO6S. The van der Waals surface area contributed by atoms with E-state index in [4.69, 9.17) is 4.74 Å². The Kier molecular flexibility index (Phi) is 4.39. The van der Waals surface area contributed by atoms with Crippen LogP contribution in [0.4, 0.5) is 0 Å². The third-order valence-electron chi connectivity index (χ3n) is 3.29. The summed E-state index contributed by atoms with van der Waals surface area (Å²) in [4.78, 5) is 41.4. The summed E-state index contributed by atoms with van der Waals surface area (Å²) in [5, 5.41) is 1.78. The number of carbonyl (C=O) groups is 3. The van der Waals surface area contributed by atoms with Crippen LogP contribution >= 0.6 is 27.3 Å². The smallest absolute Gasteiger partial charge is 0.348 e. The first-order valence-corrected chi connectivity index (χ1v) is 7.65. The zero-order chi connectivity index (χ0) is 16.5. The second-order valence-corrected chi connectivity index (χ2v) is 6.42. The average Bonchev–Trinajstić information content (AvgIpc) is 3.05. The molecule has 0 saturated heterocycles. The zero-order valence-electron chi connectivity index (χ0n) is 11.9. The van der Waals surface area contributed by atoms with Crippen molar-refractivity contribution >= 4 is 50.9 Å². The fourth-order valence-electron chi connectivity index (χ4n) is 2.21. The van der Waals surface area contributed by atoms with Gasteiger partial charge in [-0.1, -0.05) is 22.0 Å². The fourth-order valence-corrected chi connectivity index (χ4v) is 3.99. The number of esters is 3. The Bertz CT molecular complexity index is 639. The van der Waals surface area contributed by atoms with Crippen molar-refractivity contribution in [1.82, 2.24) is 0 Å². The van der Waals surface area contributed by atoms with Crippen LogP contribution < -0.4 is 0 Å². The molecule has 1 atom stereocenters. The summed E-state index contributed by atoms with van der Waals surface area (Å²) in [6, 6.07) is 3.46. The van der Waals surface area contributed by atoms with Crippen molar-refractivity contribution in [1.29, 1.82) is 0 Å². The Morgan fingerprint density at radius 1 is 1.09 bits per heavy atom. The van der Waals surface area contributed by atoms with Crippen molar-refractivity contribution in [2.24, 2.45) is 4.99 Å². The van der Waals surface area contributed by atoms with Crippen molar-refractivity contribution in [3.05, 3.63) is 22.4 Å². The van der Waals surface area contributed by atoms with Gasteiger partial charge in [0.15, 0.2) is 0 Å². The van der Waals surface area contributed by atoms with Crippen LogP contribution in [0, 0.1) is 0 Å². The second-order valence-electron chi connectivity index (χ2n) is 4.28. The number of methoxy groups -OCH3 is 3. The van der Waals surface area contributed by atoms with E-state index < -0.39 is 27.8 Å². The highest BCUT2D eigenvalue weighted by Crippen LogP contribution is 2.49. The second kappa shape index (κ2) is 5.81. The van der Waals surface area contributed by atoms with Crippen molar-refractivity contribution in [3.8, 4) is 0 Å². The van der Waals surface area contributed by atoms with Crippen LogP contribution in [0.2, 0.25) is 0 Å². The average molecular weight is 390 g/mol. The molecular weight excluding hydrogens is 378 g/mol. The molecule has 2 heterocycles. The molecule has 0 aromatic carbocycles. The van der Waals surface area contributed by atoms with E-state index >= 15 is 0 Å². The molecule has 0 bridgehead atoms. The van der Waals surface area contributed by atoms with Gasteiger partial charge in [0.05, 0.1) is 31.9 Å². The molecule has 7 nitrogen and oxygen atoms in total. The van der Waals surface area contributed by atoms with Crippen LogP contribution in [0.5, 0.6) is 0 Å². The number of ether oxygens (including phenoxy) is 3. The molecule has 0 N–H and O–H groups in total. The molecule has 1 unspecified atom stereocenters. The Balaban J connectivity index is 2.70. The van der Waals surface area contributed by atoms with Gasteiger partial charge >= 0.3 is 17.9 Å². The highest BCUT2D eigenvalue weighted by atomic mass is 79.9. The van der Waals surface area contributed by atoms with Crippen molar-refractivity contribution in [3.63, 3.8) is 0 Å². The first kappa shape index (κ1) is 16.6. The largest absolute Gasteiger partial charge is 0.468 e. The Morgan fingerprint density at radius 2 is 1.64 bits per heavy atom. The van der Waals surface area contributed by atoms with Gasteiger partial charge in [-0.2, -0.15) is 0 Å². The van der Waals surface area contributed by atoms with E-state index in [1.54, 1.807) is 17.5 Å². The summed E-state index contributed by atoms with van der Waals surface area (Å²) >= 11 is 4.49. The van der Waals surface area contributed by atoms with E-state index in [-0.39, 0.29) is 5.71 Å². The third-order valence-corrected chi connectivity index (χ3v) is 5.44. The van der Waals surface area contributed by atoms with E-state index in [0.29, 0.717) is 4.88 Å². The van der Waals surface area contributed by atoms with Gasteiger partial charge in [0.1, 0.15) is 0 Å². The maximum atomic E-state index is 12.3. The van der Waals surface area contributed by atoms with E-state index in [0.717, 1.165) is 21.3 Å². The van der Waals surface area contributed by atoms with Gasteiger partial charge in [-0.15, -0.1) is 11.3 Å². The quantitative estimate of drug-likeness (QED) is 0.329. The van der Waals surface area contributed by atoms with E-state index in [1.165, 1.54) is 11.3 Å². The molecule has 0 amide bonds. The summed E-state index contributed by atoms with van der Waals surface area (Å²) in [5.41, 5.74) is -1.96. The Hall–Kier alpha value is -1.74. The van der Waals surface area contributed by atoms with Gasteiger partial charge in [0, 0.05) is 0 Å². The van der Waals surface area contributed by atoms with Crippen LogP contribution in [0.15, 0.2) is 22.5 Å². The molecule has 1 aromatic heterocycles. The molecule has 0 fully saturated rings. The first-order chi connectivity index (χ1) is 10.4. The van der Waals surface area contributed by atoms with Gasteiger partial charge < -0.3 is 14.2 Å². The predicted octanol–water partition coefficient (Wildman–Crippen LogP) is 0.942. The number of thiophene rings is 1. The standard InChI is InChI=1S/C13H12BrNO6S/c1-19-9(16)12(14)8(7-5-4-6-22-7)15-13(12,10(17)20-2)11(18)21-3/h4-6H,1-3H3. The summed E-state index contributed by atoms with van der Waals surface area (Å²) in [5.74, 6) is -2.87. The maximum absolute atomic E-state index is 12.3. The lowest BCUT2D eigenvalue weighted by Crippen LogP contribution is -2.74. The SMILES string of the molecule is COC(=O)C1(Br)C(c2cccs2)=NC1(C(=O)OC)C(=O)OC. The molecule has 2 rings (SSSR count). The lowest BCUT2D eigenvalue weighted by atomic mass is 9.73. The minimum atomic E-state index is -2.18. The molecule has 9 heteroatoms. The monoisotopic (exact) mass is 389 g/mol. The number of rotatable bonds is 4. The number of hydrogen-bond donors (Lipinski definition) is 0. The molecule has 0 radical (unpaired) electrons. The minimum absolute atomic E-state index is 0.213. The molecule has 1 aromatic rings. The van der Waals surface area contributed by atoms with Crippen molar-refractivity contribution < 1.29 is 28.6 Å². The van der Waals surface area contributed by atoms with Crippen LogP contribution in [0.25, 0.3) is 0 Å². The summed E-state index contributed by atoms with van der Waals surface area (Å²) in [6.07, 6.45) is 0. The van der Waals surface area contributed by atoms with Crippen molar-refractivity contribution in [2.75, 3.05) is 21.3 Å². The molecule has 0 aliphatic carbocycles. The number of alkyl halides is 1. The van der Waals surface area contributed by atoms with Crippen LogP contribution in [0.3, 0.4) is 0 Å². The highest BCUT2D eigenvalue weighted by Gasteiger charge is 2.77.